The molecule has 0 N–H and O–H groups in total. The molecule has 0 saturated carbocycles. The molecule has 0 atom stereocenters. The Labute approximate surface area is 228 Å². The van der Waals surface area contributed by atoms with Crippen molar-refractivity contribution in [3.8, 4) is 22.5 Å². The molecule has 186 valence electrons. The first-order valence-corrected chi connectivity index (χ1v) is 13.3. The summed E-state index contributed by atoms with van der Waals surface area (Å²) in [7, 11) is 0. The molecule has 0 unspecified atom stereocenters. The average Bonchev–Trinajstić information content (AvgIpc) is 3.58. The minimum absolute atomic E-state index is 0.800. The van der Waals surface area contributed by atoms with E-state index >= 15 is 0 Å². The summed E-state index contributed by atoms with van der Waals surface area (Å²) in [5.41, 5.74) is 7.21. The number of furan rings is 2. The van der Waals surface area contributed by atoms with Gasteiger partial charge in [0, 0.05) is 51.1 Å². The summed E-state index contributed by atoms with van der Waals surface area (Å²) < 4.78 is 12.7. The van der Waals surface area contributed by atoms with Crippen LogP contribution in [0, 0.1) is 0 Å². The highest BCUT2D eigenvalue weighted by Gasteiger charge is 2.22. The highest BCUT2D eigenvalue weighted by atomic mass is 16.3. The Balaban J connectivity index is 1.40. The zero-order chi connectivity index (χ0) is 26.2. The van der Waals surface area contributed by atoms with Crippen molar-refractivity contribution in [2.75, 3.05) is 0 Å². The fourth-order valence-electron chi connectivity index (χ4n) is 6.25. The summed E-state index contributed by atoms with van der Waals surface area (Å²) in [6.07, 6.45) is 3.82. The molecule has 4 heterocycles. The van der Waals surface area contributed by atoms with Gasteiger partial charge in [-0.15, -0.1) is 0 Å². The molecule has 0 saturated heterocycles. The van der Waals surface area contributed by atoms with Crippen molar-refractivity contribution in [1.29, 1.82) is 0 Å². The van der Waals surface area contributed by atoms with Crippen LogP contribution in [0.2, 0.25) is 0 Å². The molecule has 0 aliphatic carbocycles. The normalized spacial score (nSPS) is 12.0. The highest BCUT2D eigenvalue weighted by molar-refractivity contribution is 6.23. The van der Waals surface area contributed by atoms with E-state index in [0.29, 0.717) is 0 Å². The van der Waals surface area contributed by atoms with Crippen LogP contribution in [-0.4, -0.2) is 9.97 Å². The molecule has 4 heteroatoms. The molecule has 0 radical (unpaired) electrons. The predicted molar refractivity (Wildman–Crippen MR) is 162 cm³/mol. The highest BCUT2D eigenvalue weighted by Crippen LogP contribution is 2.45. The van der Waals surface area contributed by atoms with Crippen LogP contribution in [0.4, 0.5) is 0 Å². The average molecular weight is 513 g/mol. The third-order valence-corrected chi connectivity index (χ3v) is 7.98. The van der Waals surface area contributed by atoms with Crippen molar-refractivity contribution >= 4 is 65.4 Å². The Bertz CT molecular complexity index is 2390. The van der Waals surface area contributed by atoms with Gasteiger partial charge in [-0.1, -0.05) is 84.9 Å². The van der Waals surface area contributed by atoms with Crippen LogP contribution in [0.5, 0.6) is 0 Å². The summed E-state index contributed by atoms with van der Waals surface area (Å²) in [4.78, 5) is 9.90. The molecule has 5 aromatic carbocycles. The van der Waals surface area contributed by atoms with Crippen LogP contribution in [0.3, 0.4) is 0 Å². The standard InChI is InChI=1S/C36H20N2O2/c1-3-13-25-23(11-1)33(29-19-32-28(20-38-29)22-10-6-7-15-30(22)39-32)24-12-2-4-14-26(24)34(25)35-36-27(17-18-37-35)21-9-5-8-16-31(21)40-36/h1-20H. The van der Waals surface area contributed by atoms with Crippen LogP contribution in [0.25, 0.3) is 87.9 Å². The Morgan fingerprint density at radius 3 is 1.65 bits per heavy atom. The number of pyridine rings is 2. The Morgan fingerprint density at radius 2 is 0.975 bits per heavy atom. The fourth-order valence-corrected chi connectivity index (χ4v) is 6.25. The van der Waals surface area contributed by atoms with Crippen LogP contribution in [-0.2, 0) is 0 Å². The number of aromatic nitrogens is 2. The third-order valence-electron chi connectivity index (χ3n) is 7.98. The second-order valence-corrected chi connectivity index (χ2v) is 10.1. The summed E-state index contributed by atoms with van der Waals surface area (Å²) in [6.45, 7) is 0. The Morgan fingerprint density at radius 1 is 0.425 bits per heavy atom. The SMILES string of the molecule is c1ccc2c(c1)oc1cc(-c3c4ccccc4c(-c4nccc5c4oc4ccccc45)c4ccccc34)ncc12. The van der Waals surface area contributed by atoms with Gasteiger partial charge in [0.2, 0.25) is 0 Å². The van der Waals surface area contributed by atoms with Crippen molar-refractivity contribution in [1.82, 2.24) is 9.97 Å². The van der Waals surface area contributed by atoms with Gasteiger partial charge in [0.15, 0.2) is 5.58 Å². The minimum Gasteiger partial charge on any atom is -0.456 e. The maximum atomic E-state index is 6.44. The van der Waals surface area contributed by atoms with Gasteiger partial charge in [-0.25, -0.2) is 0 Å². The summed E-state index contributed by atoms with van der Waals surface area (Å²) in [5.74, 6) is 0. The van der Waals surface area contributed by atoms with E-state index in [0.717, 1.165) is 87.9 Å². The quantitative estimate of drug-likeness (QED) is 0.216. The number of rotatable bonds is 2. The van der Waals surface area contributed by atoms with Gasteiger partial charge < -0.3 is 8.83 Å². The lowest BCUT2D eigenvalue weighted by atomic mass is 9.88. The number of benzene rings is 5. The zero-order valence-corrected chi connectivity index (χ0v) is 21.3. The van der Waals surface area contributed by atoms with Crippen LogP contribution < -0.4 is 0 Å². The van der Waals surface area contributed by atoms with E-state index in [2.05, 4.69) is 66.7 Å². The molecule has 40 heavy (non-hydrogen) atoms. The predicted octanol–water partition coefficient (Wildman–Crippen LogP) is 9.92. The maximum absolute atomic E-state index is 6.44. The van der Waals surface area contributed by atoms with Gasteiger partial charge in [0.05, 0.1) is 5.69 Å². The minimum atomic E-state index is 0.800. The molecule has 0 aliphatic rings. The van der Waals surface area contributed by atoms with E-state index in [9.17, 15) is 0 Å². The second kappa shape index (κ2) is 8.01. The lowest BCUT2D eigenvalue weighted by Gasteiger charge is -2.16. The largest absolute Gasteiger partial charge is 0.456 e. The van der Waals surface area contributed by atoms with Crippen molar-refractivity contribution in [3.05, 3.63) is 122 Å². The van der Waals surface area contributed by atoms with E-state index in [1.165, 1.54) is 0 Å². The van der Waals surface area contributed by atoms with Crippen molar-refractivity contribution in [3.63, 3.8) is 0 Å². The first-order chi connectivity index (χ1) is 19.8. The molecular weight excluding hydrogens is 492 g/mol. The number of hydrogen-bond acceptors (Lipinski definition) is 4. The van der Waals surface area contributed by atoms with Gasteiger partial charge in [0.1, 0.15) is 22.4 Å². The molecule has 4 nitrogen and oxygen atoms in total. The lowest BCUT2D eigenvalue weighted by Crippen LogP contribution is -1.93. The van der Waals surface area contributed by atoms with Gasteiger partial charge in [0.25, 0.3) is 0 Å². The van der Waals surface area contributed by atoms with Crippen molar-refractivity contribution in [2.45, 2.75) is 0 Å². The molecule has 0 amide bonds. The first kappa shape index (κ1) is 21.5. The third kappa shape index (κ3) is 2.90. The molecule has 0 bridgehead atoms. The number of hydrogen-bond donors (Lipinski definition) is 0. The van der Waals surface area contributed by atoms with Crippen LogP contribution in [0.15, 0.2) is 130 Å². The van der Waals surface area contributed by atoms with E-state index < -0.39 is 0 Å². The fraction of sp³-hybridized carbons (Fsp3) is 0. The Kier molecular flexibility index (Phi) is 4.30. The molecule has 0 aliphatic heterocycles. The molecule has 0 fully saturated rings. The van der Waals surface area contributed by atoms with E-state index in [1.807, 2.05) is 54.9 Å². The summed E-state index contributed by atoms with van der Waals surface area (Å²) in [6, 6.07) is 37.4. The smallest absolute Gasteiger partial charge is 0.161 e. The monoisotopic (exact) mass is 512 g/mol. The van der Waals surface area contributed by atoms with E-state index in [1.54, 1.807) is 0 Å². The van der Waals surface area contributed by atoms with Crippen LogP contribution in [0.1, 0.15) is 0 Å². The molecule has 4 aromatic heterocycles. The Hall–Kier alpha value is -5.48. The van der Waals surface area contributed by atoms with Gasteiger partial charge in [-0.05, 0) is 39.7 Å². The molecular formula is C36H20N2O2. The second-order valence-electron chi connectivity index (χ2n) is 10.1. The van der Waals surface area contributed by atoms with E-state index in [4.69, 9.17) is 18.8 Å². The van der Waals surface area contributed by atoms with Crippen molar-refractivity contribution < 1.29 is 8.83 Å². The molecule has 0 spiro atoms. The van der Waals surface area contributed by atoms with Gasteiger partial charge >= 0.3 is 0 Å². The maximum Gasteiger partial charge on any atom is 0.161 e. The lowest BCUT2D eigenvalue weighted by molar-refractivity contribution is 0.668. The molecule has 9 rings (SSSR count). The van der Waals surface area contributed by atoms with Crippen molar-refractivity contribution in [2.24, 2.45) is 0 Å². The zero-order valence-electron chi connectivity index (χ0n) is 21.3. The summed E-state index contributed by atoms with van der Waals surface area (Å²) in [5, 5.41) is 8.66. The van der Waals surface area contributed by atoms with Crippen LogP contribution >= 0.6 is 0 Å². The number of para-hydroxylation sites is 2. The van der Waals surface area contributed by atoms with Gasteiger partial charge in [-0.3, -0.25) is 9.97 Å². The van der Waals surface area contributed by atoms with E-state index in [-0.39, 0.29) is 0 Å². The number of fused-ring (bicyclic) bond motifs is 8. The molecule has 9 aromatic rings. The topological polar surface area (TPSA) is 52.1 Å². The van der Waals surface area contributed by atoms with Gasteiger partial charge in [-0.2, -0.15) is 0 Å². The summed E-state index contributed by atoms with van der Waals surface area (Å²) >= 11 is 0. The first-order valence-electron chi connectivity index (χ1n) is 13.3. The number of nitrogens with zero attached hydrogens (tertiary/aromatic N) is 2.